The number of fused-ring (bicyclic) bond motifs is 1. The molecule has 1 unspecified atom stereocenters. The van der Waals surface area contributed by atoms with E-state index in [1.54, 1.807) is 0 Å². The summed E-state index contributed by atoms with van der Waals surface area (Å²) in [5.74, 6) is 0.0158. The first-order chi connectivity index (χ1) is 11.7. The van der Waals surface area contributed by atoms with Gasteiger partial charge in [0, 0.05) is 0 Å². The fourth-order valence-electron chi connectivity index (χ4n) is 1.91. The number of para-hydroxylation sites is 2. The summed E-state index contributed by atoms with van der Waals surface area (Å²) in [7, 11) is -6.39. The number of nitrogens with zero attached hydrogens (tertiary/aromatic N) is 2. The number of halogens is 6. The smallest absolute Gasteiger partial charge is 0.365 e. The molecule has 14 heteroatoms. The zero-order valence-corrected chi connectivity index (χ0v) is 14.8. The van der Waals surface area contributed by atoms with Gasteiger partial charge in [-0.2, -0.15) is 26.3 Å². The van der Waals surface area contributed by atoms with Crippen molar-refractivity contribution in [3.63, 3.8) is 0 Å². The van der Waals surface area contributed by atoms with Gasteiger partial charge in [-0.1, -0.05) is 19.1 Å². The summed E-state index contributed by atoms with van der Waals surface area (Å²) in [6.45, 7) is 2.01. The summed E-state index contributed by atoms with van der Waals surface area (Å²) >= 11 is -1.44. The van der Waals surface area contributed by atoms with E-state index in [1.165, 1.54) is 31.2 Å². The molecule has 0 bridgehead atoms. The van der Waals surface area contributed by atoms with Gasteiger partial charge in [0.1, 0.15) is 0 Å². The molecule has 6 nitrogen and oxygen atoms in total. The van der Waals surface area contributed by atoms with Crippen LogP contribution in [0, 0.1) is 0 Å². The second kappa shape index (κ2) is 6.65. The molecule has 1 aromatic rings. The van der Waals surface area contributed by atoms with Gasteiger partial charge in [-0.05, 0) is 25.5 Å². The average molecular weight is 426 g/mol. The Labute approximate surface area is 148 Å². The van der Waals surface area contributed by atoms with E-state index in [-0.39, 0.29) is 11.5 Å². The Morgan fingerprint density at radius 1 is 1.08 bits per heavy atom. The summed E-state index contributed by atoms with van der Waals surface area (Å²) in [6.07, 6.45) is -0.528. The highest BCUT2D eigenvalue weighted by Crippen LogP contribution is 2.48. The summed E-state index contributed by atoms with van der Waals surface area (Å²) in [6, 6.07) is 5.68. The van der Waals surface area contributed by atoms with E-state index in [1.807, 2.05) is 0 Å². The SMILES string of the molecule is CCC(C)(N1Oc2ccccc2O1)N(SC(F)(F)F)S(=O)(=O)C(F)(F)F. The van der Waals surface area contributed by atoms with E-state index in [0.717, 1.165) is 6.92 Å². The van der Waals surface area contributed by atoms with Crippen molar-refractivity contribution in [2.75, 3.05) is 0 Å². The molecule has 0 radical (unpaired) electrons. The molecule has 1 aliphatic heterocycles. The highest BCUT2D eigenvalue weighted by atomic mass is 32.3. The van der Waals surface area contributed by atoms with Crippen molar-refractivity contribution in [1.29, 1.82) is 0 Å². The van der Waals surface area contributed by atoms with Crippen LogP contribution in [0.5, 0.6) is 11.5 Å². The monoisotopic (exact) mass is 426 g/mol. The van der Waals surface area contributed by atoms with Crippen molar-refractivity contribution < 1.29 is 44.4 Å². The molecule has 2 rings (SSSR count). The van der Waals surface area contributed by atoms with E-state index in [4.69, 9.17) is 9.68 Å². The lowest BCUT2D eigenvalue weighted by Gasteiger charge is -2.41. The molecule has 1 aliphatic rings. The van der Waals surface area contributed by atoms with E-state index in [2.05, 4.69) is 0 Å². The third kappa shape index (κ3) is 3.82. The van der Waals surface area contributed by atoms with Crippen LogP contribution in [0.25, 0.3) is 0 Å². The molecule has 0 spiro atoms. The van der Waals surface area contributed by atoms with Gasteiger partial charge < -0.3 is 9.68 Å². The van der Waals surface area contributed by atoms with E-state index < -0.39 is 48.8 Å². The van der Waals surface area contributed by atoms with Gasteiger partial charge in [0.2, 0.25) is 0 Å². The minimum absolute atomic E-state index is 0.00791. The maximum Gasteiger partial charge on any atom is 0.512 e. The Morgan fingerprint density at radius 3 is 1.88 bits per heavy atom. The molecule has 26 heavy (non-hydrogen) atoms. The van der Waals surface area contributed by atoms with Crippen molar-refractivity contribution in [2.24, 2.45) is 0 Å². The topological polar surface area (TPSA) is 59.1 Å². The van der Waals surface area contributed by atoms with Gasteiger partial charge in [-0.15, -0.1) is 3.71 Å². The van der Waals surface area contributed by atoms with Gasteiger partial charge >= 0.3 is 21.0 Å². The maximum atomic E-state index is 13.0. The lowest BCUT2D eigenvalue weighted by molar-refractivity contribution is -0.304. The van der Waals surface area contributed by atoms with Crippen molar-refractivity contribution in [2.45, 2.75) is 36.9 Å². The van der Waals surface area contributed by atoms with E-state index >= 15 is 0 Å². The molecule has 1 heterocycles. The van der Waals surface area contributed by atoms with Crippen molar-refractivity contribution in [3.05, 3.63) is 24.3 Å². The fraction of sp³-hybridized carbons (Fsp3) is 0.500. The Kier molecular flexibility index (Phi) is 5.35. The zero-order valence-electron chi connectivity index (χ0n) is 13.1. The first-order valence-corrected chi connectivity index (χ1v) is 9.06. The Bertz CT molecular complexity index is 745. The van der Waals surface area contributed by atoms with Gasteiger partial charge in [-0.25, -0.2) is 8.42 Å². The Balaban J connectivity index is 2.50. The third-order valence-corrected chi connectivity index (χ3v) is 6.36. The second-order valence-electron chi connectivity index (χ2n) is 5.17. The van der Waals surface area contributed by atoms with E-state index in [9.17, 15) is 34.8 Å². The predicted molar refractivity (Wildman–Crippen MR) is 78.7 cm³/mol. The highest BCUT2D eigenvalue weighted by molar-refractivity contribution is 8.09. The Hall–Kier alpha value is -1.38. The van der Waals surface area contributed by atoms with Crippen LogP contribution in [0.15, 0.2) is 24.3 Å². The van der Waals surface area contributed by atoms with Crippen LogP contribution in [0.4, 0.5) is 26.3 Å². The van der Waals surface area contributed by atoms with Crippen molar-refractivity contribution >= 4 is 22.0 Å². The van der Waals surface area contributed by atoms with Crippen LogP contribution in [0.2, 0.25) is 0 Å². The van der Waals surface area contributed by atoms with E-state index in [0.29, 0.717) is 5.23 Å². The molecule has 1 aromatic carbocycles. The fourth-order valence-corrected chi connectivity index (χ4v) is 4.30. The summed E-state index contributed by atoms with van der Waals surface area (Å²) in [5.41, 5.74) is -13.8. The summed E-state index contributed by atoms with van der Waals surface area (Å²) in [5, 5.41) is 0.305. The molecule has 0 saturated heterocycles. The summed E-state index contributed by atoms with van der Waals surface area (Å²) < 4.78 is 100. The number of hydrogen-bond donors (Lipinski definition) is 0. The molecule has 0 aromatic heterocycles. The van der Waals surface area contributed by atoms with Gasteiger partial charge in [0.25, 0.3) is 0 Å². The lowest BCUT2D eigenvalue weighted by atomic mass is 10.2. The van der Waals surface area contributed by atoms with Crippen LogP contribution in [-0.4, -0.2) is 34.0 Å². The first-order valence-electron chi connectivity index (χ1n) is 6.85. The van der Waals surface area contributed by atoms with Crippen LogP contribution < -0.4 is 9.68 Å². The van der Waals surface area contributed by atoms with Gasteiger partial charge in [0.05, 0.1) is 17.2 Å². The second-order valence-corrected chi connectivity index (χ2v) is 8.19. The average Bonchev–Trinajstić information content (AvgIpc) is 2.94. The van der Waals surface area contributed by atoms with Crippen LogP contribution in [0.3, 0.4) is 0 Å². The lowest BCUT2D eigenvalue weighted by Crippen LogP contribution is -2.61. The molecule has 0 N–H and O–H groups in total. The molecular weight excluding hydrogens is 414 g/mol. The number of benzene rings is 1. The molecule has 0 fully saturated rings. The zero-order chi connectivity index (χ0) is 20.0. The number of hydroxylamine groups is 2. The highest BCUT2D eigenvalue weighted by Gasteiger charge is 2.62. The number of rotatable bonds is 5. The molecule has 1 atom stereocenters. The number of alkyl halides is 6. The number of hydrogen-bond acceptors (Lipinski definition) is 6. The molecule has 0 aliphatic carbocycles. The van der Waals surface area contributed by atoms with Crippen molar-refractivity contribution in [1.82, 2.24) is 8.94 Å². The Morgan fingerprint density at radius 2 is 1.54 bits per heavy atom. The van der Waals surface area contributed by atoms with Crippen LogP contribution in [0.1, 0.15) is 20.3 Å². The van der Waals surface area contributed by atoms with Gasteiger partial charge in [0.15, 0.2) is 17.2 Å². The summed E-state index contributed by atoms with van der Waals surface area (Å²) in [4.78, 5) is 10.2. The van der Waals surface area contributed by atoms with Gasteiger partial charge in [-0.3, -0.25) is 0 Å². The molecular formula is C12H12F6N2O4S2. The minimum Gasteiger partial charge on any atom is -0.365 e. The predicted octanol–water partition coefficient (Wildman–Crippen LogP) is 4.04. The first kappa shape index (κ1) is 20.9. The molecule has 0 saturated carbocycles. The van der Waals surface area contributed by atoms with Crippen LogP contribution in [-0.2, 0) is 10.0 Å². The largest absolute Gasteiger partial charge is 0.512 e. The molecule has 0 amide bonds. The number of sulfonamides is 1. The van der Waals surface area contributed by atoms with Crippen molar-refractivity contribution in [3.8, 4) is 11.5 Å². The third-order valence-electron chi connectivity index (χ3n) is 3.37. The normalized spacial score (nSPS) is 18.2. The quantitative estimate of drug-likeness (QED) is 0.523. The standard InChI is InChI=1S/C12H12F6N2O4S2/c1-3-10(2,19-23-8-6-4-5-7-9(8)24-19)20(25-11(13,14)15)26(21,22)12(16,17)18/h4-7H,3H2,1-2H3. The molecule has 148 valence electrons. The maximum absolute atomic E-state index is 13.0. The minimum atomic E-state index is -6.39. The van der Waals surface area contributed by atoms with Crippen LogP contribution >= 0.6 is 11.9 Å².